The van der Waals surface area contributed by atoms with Crippen LogP contribution in [-0.2, 0) is 4.74 Å². The van der Waals surface area contributed by atoms with Gasteiger partial charge in [0.25, 0.3) is 0 Å². The van der Waals surface area contributed by atoms with Gasteiger partial charge in [-0.2, -0.15) is 0 Å². The van der Waals surface area contributed by atoms with Gasteiger partial charge in [0.2, 0.25) is 0 Å². The number of hydrogen-bond donors (Lipinski definition) is 1. The molecule has 1 aliphatic carbocycles. The van der Waals surface area contributed by atoms with Crippen LogP contribution in [0.5, 0.6) is 11.5 Å². The zero-order valence-electron chi connectivity index (χ0n) is 16.6. The van der Waals surface area contributed by atoms with Crippen molar-refractivity contribution in [1.82, 2.24) is 0 Å². The molecule has 0 radical (unpaired) electrons. The van der Waals surface area contributed by atoms with E-state index in [2.05, 4.69) is 13.0 Å². The van der Waals surface area contributed by atoms with Gasteiger partial charge in [0.1, 0.15) is 11.5 Å². The van der Waals surface area contributed by atoms with Gasteiger partial charge in [-0.3, -0.25) is 0 Å². The monoisotopic (exact) mass is 378 g/mol. The third-order valence-corrected chi connectivity index (χ3v) is 4.96. The summed E-state index contributed by atoms with van der Waals surface area (Å²) < 4.78 is 12.2. The summed E-state index contributed by atoms with van der Waals surface area (Å²) in [6, 6.07) is 15.2. The first-order valence-electron chi connectivity index (χ1n) is 10.3. The fraction of sp³-hybridized carbons (Fsp3) is 0.360. The molecule has 0 aromatic heterocycles. The predicted octanol–water partition coefficient (Wildman–Crippen LogP) is 6.58. The van der Waals surface area contributed by atoms with Crippen LogP contribution < -0.4 is 4.74 Å². The number of aromatic hydroxyl groups is 1. The van der Waals surface area contributed by atoms with E-state index in [1.807, 2.05) is 54.6 Å². The van der Waals surface area contributed by atoms with E-state index < -0.39 is 0 Å². The number of phenolic OH excluding ortho intramolecular Hbond substituents is 1. The van der Waals surface area contributed by atoms with Crippen LogP contribution in [-0.4, -0.2) is 17.5 Å². The van der Waals surface area contributed by atoms with Gasteiger partial charge in [-0.15, -0.1) is 0 Å². The molecule has 2 aromatic carbocycles. The van der Waals surface area contributed by atoms with E-state index in [9.17, 15) is 5.11 Å². The van der Waals surface area contributed by atoms with Crippen LogP contribution in [0, 0.1) is 0 Å². The molecule has 3 rings (SSSR count). The largest absolute Gasteiger partial charge is 0.508 e. The van der Waals surface area contributed by atoms with Crippen molar-refractivity contribution in [3.05, 3.63) is 71.8 Å². The second-order valence-corrected chi connectivity index (χ2v) is 7.23. The molecule has 0 heterocycles. The first-order chi connectivity index (χ1) is 13.7. The molecule has 148 valence electrons. The number of rotatable bonds is 8. The van der Waals surface area contributed by atoms with Gasteiger partial charge in [0, 0.05) is 6.42 Å². The lowest BCUT2D eigenvalue weighted by atomic mass is 9.98. The van der Waals surface area contributed by atoms with Crippen molar-refractivity contribution >= 4 is 12.2 Å². The normalized spacial score (nSPS) is 16.6. The van der Waals surface area contributed by atoms with Crippen LogP contribution in [0.2, 0.25) is 0 Å². The molecule has 0 aliphatic heterocycles. The van der Waals surface area contributed by atoms with Crippen LogP contribution in [0.4, 0.5) is 0 Å². The van der Waals surface area contributed by atoms with Crippen molar-refractivity contribution < 1.29 is 14.6 Å². The Bertz CT molecular complexity index is 753. The Morgan fingerprint density at radius 1 is 0.893 bits per heavy atom. The highest BCUT2D eigenvalue weighted by atomic mass is 16.7. The summed E-state index contributed by atoms with van der Waals surface area (Å²) in [5.41, 5.74) is 2.17. The van der Waals surface area contributed by atoms with Gasteiger partial charge < -0.3 is 14.6 Å². The molecule has 1 aliphatic rings. The van der Waals surface area contributed by atoms with E-state index in [1.165, 1.54) is 19.3 Å². The molecule has 0 bridgehead atoms. The zero-order valence-corrected chi connectivity index (χ0v) is 16.6. The number of phenols is 1. The highest BCUT2D eigenvalue weighted by Gasteiger charge is 2.19. The molecule has 0 spiro atoms. The fourth-order valence-electron chi connectivity index (χ4n) is 3.35. The molecule has 1 atom stereocenters. The lowest BCUT2D eigenvalue weighted by Crippen LogP contribution is -2.28. The van der Waals surface area contributed by atoms with E-state index in [0.29, 0.717) is 6.10 Å². The van der Waals surface area contributed by atoms with Crippen LogP contribution in [0.25, 0.3) is 12.2 Å². The molecule has 1 saturated carbocycles. The summed E-state index contributed by atoms with van der Waals surface area (Å²) in [4.78, 5) is 0. The molecule has 0 amide bonds. The maximum atomic E-state index is 9.30. The number of hydrogen-bond acceptors (Lipinski definition) is 3. The minimum Gasteiger partial charge on any atom is -0.508 e. The Balaban J connectivity index is 1.49. The topological polar surface area (TPSA) is 38.7 Å². The summed E-state index contributed by atoms with van der Waals surface area (Å²) in [6.45, 7) is 2.10. The van der Waals surface area contributed by atoms with Crippen molar-refractivity contribution in [2.75, 3.05) is 0 Å². The number of ether oxygens (including phenoxy) is 2. The van der Waals surface area contributed by atoms with Gasteiger partial charge in [0.05, 0.1) is 6.10 Å². The molecule has 1 fully saturated rings. The molecular formula is C25H30O3. The molecular weight excluding hydrogens is 348 g/mol. The third kappa shape index (κ3) is 6.58. The summed E-state index contributed by atoms with van der Waals surface area (Å²) in [7, 11) is 0. The van der Waals surface area contributed by atoms with Gasteiger partial charge in [0.15, 0.2) is 6.29 Å². The summed E-state index contributed by atoms with van der Waals surface area (Å²) in [5, 5.41) is 9.30. The second-order valence-electron chi connectivity index (χ2n) is 7.23. The Morgan fingerprint density at radius 2 is 1.46 bits per heavy atom. The Morgan fingerprint density at radius 3 is 2.04 bits per heavy atom. The Kier molecular flexibility index (Phi) is 7.74. The molecule has 3 nitrogen and oxygen atoms in total. The van der Waals surface area contributed by atoms with Crippen LogP contribution >= 0.6 is 0 Å². The van der Waals surface area contributed by atoms with E-state index in [-0.39, 0.29) is 12.0 Å². The smallest absolute Gasteiger partial charge is 0.199 e. The van der Waals surface area contributed by atoms with Gasteiger partial charge in [-0.25, -0.2) is 0 Å². The van der Waals surface area contributed by atoms with Crippen molar-refractivity contribution in [2.45, 2.75) is 57.8 Å². The SMILES string of the molecule is CCC(Oc1ccc(C=CC=Cc2ccc(O)cc2)cc1)OC1CCCCC1. The van der Waals surface area contributed by atoms with E-state index >= 15 is 0 Å². The summed E-state index contributed by atoms with van der Waals surface area (Å²) >= 11 is 0. The van der Waals surface area contributed by atoms with E-state index in [4.69, 9.17) is 9.47 Å². The van der Waals surface area contributed by atoms with Crippen molar-refractivity contribution in [1.29, 1.82) is 0 Å². The fourth-order valence-corrected chi connectivity index (χ4v) is 3.35. The van der Waals surface area contributed by atoms with Crippen LogP contribution in [0.1, 0.15) is 56.6 Å². The van der Waals surface area contributed by atoms with E-state index in [0.717, 1.165) is 36.1 Å². The lowest BCUT2D eigenvalue weighted by molar-refractivity contribution is -0.129. The standard InChI is InChI=1S/C25H30O3/c1-2-25(27-23-10-4-3-5-11-23)28-24-18-14-21(15-19-24)9-7-6-8-20-12-16-22(26)17-13-20/h6-9,12-19,23,25-26H,2-5,10-11H2,1H3. The lowest BCUT2D eigenvalue weighted by Gasteiger charge is -2.27. The maximum absolute atomic E-state index is 9.30. The average Bonchev–Trinajstić information content (AvgIpc) is 2.74. The minimum absolute atomic E-state index is 0.169. The minimum atomic E-state index is -0.169. The maximum Gasteiger partial charge on any atom is 0.199 e. The van der Waals surface area contributed by atoms with Crippen LogP contribution in [0.15, 0.2) is 60.7 Å². The Labute approximate surface area is 168 Å². The van der Waals surface area contributed by atoms with Gasteiger partial charge in [-0.05, 0) is 48.2 Å². The van der Waals surface area contributed by atoms with E-state index in [1.54, 1.807) is 12.1 Å². The molecule has 1 N–H and O–H groups in total. The highest BCUT2D eigenvalue weighted by molar-refractivity contribution is 5.57. The molecule has 3 heteroatoms. The second kappa shape index (κ2) is 10.7. The van der Waals surface area contributed by atoms with Crippen LogP contribution in [0.3, 0.4) is 0 Å². The van der Waals surface area contributed by atoms with Crippen molar-refractivity contribution in [2.24, 2.45) is 0 Å². The van der Waals surface area contributed by atoms with Gasteiger partial charge >= 0.3 is 0 Å². The van der Waals surface area contributed by atoms with Gasteiger partial charge in [-0.1, -0.05) is 74.8 Å². The number of allylic oxidation sites excluding steroid dienone is 2. The summed E-state index contributed by atoms with van der Waals surface area (Å²) in [6.07, 6.45) is 15.2. The Hall–Kier alpha value is -2.52. The first kappa shape index (κ1) is 20.2. The number of benzene rings is 2. The quantitative estimate of drug-likeness (QED) is 0.416. The average molecular weight is 379 g/mol. The first-order valence-corrected chi connectivity index (χ1v) is 10.3. The molecule has 1 unspecified atom stereocenters. The van der Waals surface area contributed by atoms with Crippen molar-refractivity contribution in [3.63, 3.8) is 0 Å². The molecule has 28 heavy (non-hydrogen) atoms. The van der Waals surface area contributed by atoms with Crippen molar-refractivity contribution in [3.8, 4) is 11.5 Å². The molecule has 2 aromatic rings. The zero-order chi connectivity index (χ0) is 19.6. The third-order valence-electron chi connectivity index (χ3n) is 4.96. The molecule has 0 saturated heterocycles. The highest BCUT2D eigenvalue weighted by Crippen LogP contribution is 2.24. The summed E-state index contributed by atoms with van der Waals surface area (Å²) in [5.74, 6) is 1.13. The predicted molar refractivity (Wildman–Crippen MR) is 115 cm³/mol.